The normalized spacial score (nSPS) is 11.2. The van der Waals surface area contributed by atoms with Gasteiger partial charge in [0.25, 0.3) is 0 Å². The zero-order chi connectivity index (χ0) is 33.8. The van der Waals surface area contributed by atoms with Crippen molar-refractivity contribution in [1.29, 1.82) is 0 Å². The number of anilines is 2. The fourth-order valence-corrected chi connectivity index (χ4v) is 6.49. The number of nitrogens with one attached hydrogen (secondary N) is 2. The Hall–Kier alpha value is -2.04. The molecule has 5 heteroatoms. The van der Waals surface area contributed by atoms with Crippen LogP contribution in [0.5, 0.6) is 5.75 Å². The second-order valence-electron chi connectivity index (χ2n) is 14.1. The van der Waals surface area contributed by atoms with E-state index in [0.29, 0.717) is 29.8 Å². The van der Waals surface area contributed by atoms with Gasteiger partial charge in [-0.1, -0.05) is 168 Å². The molecule has 0 aliphatic carbocycles. The minimum atomic E-state index is -0.0750. The Bertz CT molecular complexity index is 871. The molecule has 1 aromatic rings. The van der Waals surface area contributed by atoms with Crippen LogP contribution in [0.2, 0.25) is 0 Å². The van der Waals surface area contributed by atoms with Crippen molar-refractivity contribution in [2.75, 3.05) is 10.6 Å². The lowest BCUT2D eigenvalue weighted by atomic mass is 9.99. The van der Waals surface area contributed by atoms with Crippen LogP contribution in [0.3, 0.4) is 0 Å². The van der Waals surface area contributed by atoms with Crippen LogP contribution in [-0.4, -0.2) is 16.9 Å². The molecule has 0 aromatic heterocycles. The van der Waals surface area contributed by atoms with Gasteiger partial charge in [0.15, 0.2) is 0 Å². The quantitative estimate of drug-likeness (QED) is 0.0444. The van der Waals surface area contributed by atoms with Crippen molar-refractivity contribution < 1.29 is 14.7 Å². The van der Waals surface area contributed by atoms with Crippen LogP contribution in [0.25, 0.3) is 0 Å². The summed E-state index contributed by atoms with van der Waals surface area (Å²) >= 11 is 0. The van der Waals surface area contributed by atoms with E-state index in [1.807, 2.05) is 20.8 Å². The van der Waals surface area contributed by atoms with E-state index in [2.05, 4.69) is 24.5 Å². The molecule has 0 radical (unpaired) electrons. The van der Waals surface area contributed by atoms with Gasteiger partial charge in [0.05, 0.1) is 5.69 Å². The van der Waals surface area contributed by atoms with Gasteiger partial charge >= 0.3 is 0 Å². The number of rotatable bonds is 30. The zero-order valence-electron chi connectivity index (χ0n) is 31.1. The molecule has 0 atom stereocenters. The third-order valence-electron chi connectivity index (χ3n) is 9.82. The van der Waals surface area contributed by atoms with Gasteiger partial charge < -0.3 is 15.7 Å². The minimum absolute atomic E-state index is 0.00335. The van der Waals surface area contributed by atoms with Crippen molar-refractivity contribution in [1.82, 2.24) is 0 Å². The van der Waals surface area contributed by atoms with Crippen LogP contribution in [0.15, 0.2) is 0 Å². The van der Waals surface area contributed by atoms with Gasteiger partial charge in [-0.15, -0.1) is 0 Å². The maximum atomic E-state index is 12.8. The fourth-order valence-electron chi connectivity index (χ4n) is 6.49. The molecule has 0 saturated carbocycles. The summed E-state index contributed by atoms with van der Waals surface area (Å²) < 4.78 is 0. The Balaban J connectivity index is 2.30. The summed E-state index contributed by atoms with van der Waals surface area (Å²) in [7, 11) is 0. The number of hydrogen-bond acceptors (Lipinski definition) is 3. The summed E-state index contributed by atoms with van der Waals surface area (Å²) in [6, 6.07) is 0. The number of amides is 2. The van der Waals surface area contributed by atoms with E-state index in [9.17, 15) is 14.7 Å². The lowest BCUT2D eigenvalue weighted by Gasteiger charge is -2.20. The Morgan fingerprint density at radius 2 is 0.696 bits per heavy atom. The molecule has 1 rings (SSSR count). The number of carbonyl (C=O) groups excluding carboxylic acids is 2. The second-order valence-corrected chi connectivity index (χ2v) is 14.1. The SMILES string of the molecule is CCCCCCCCCCCCCCCC(=O)Nc1c(C)c(C)c(O)c(NC(=O)CCCCCCCCCCCCCCC)c1C. The molecule has 3 N–H and O–H groups in total. The van der Waals surface area contributed by atoms with E-state index in [4.69, 9.17) is 0 Å². The van der Waals surface area contributed by atoms with Crippen molar-refractivity contribution in [2.24, 2.45) is 0 Å². The molecule has 2 amide bonds. The van der Waals surface area contributed by atoms with Gasteiger partial charge in [-0.05, 0) is 44.7 Å². The fraction of sp³-hybridized carbons (Fsp3) is 0.805. The Morgan fingerprint density at radius 3 is 1.02 bits per heavy atom. The summed E-state index contributed by atoms with van der Waals surface area (Å²) in [5.74, 6) is 0.0285. The molecule has 0 spiro atoms. The lowest BCUT2D eigenvalue weighted by molar-refractivity contribution is -0.117. The van der Waals surface area contributed by atoms with Gasteiger partial charge in [-0.3, -0.25) is 9.59 Å². The van der Waals surface area contributed by atoms with Gasteiger partial charge in [0.1, 0.15) is 5.75 Å². The average molecular weight is 643 g/mol. The molecule has 0 aliphatic rings. The number of aromatic hydroxyl groups is 1. The first-order valence-corrected chi connectivity index (χ1v) is 19.8. The molecular weight excluding hydrogens is 568 g/mol. The van der Waals surface area contributed by atoms with E-state index in [1.165, 1.54) is 141 Å². The van der Waals surface area contributed by atoms with Crippen LogP contribution >= 0.6 is 0 Å². The summed E-state index contributed by atoms with van der Waals surface area (Å²) in [6.07, 6.45) is 34.2. The van der Waals surface area contributed by atoms with Crippen LogP contribution in [0.4, 0.5) is 11.4 Å². The van der Waals surface area contributed by atoms with Crippen molar-refractivity contribution in [2.45, 2.75) is 214 Å². The monoisotopic (exact) mass is 643 g/mol. The Kier molecular flexibility index (Phi) is 25.6. The highest BCUT2D eigenvalue weighted by Gasteiger charge is 2.20. The number of hydrogen-bond donors (Lipinski definition) is 3. The number of carbonyl (C=O) groups is 2. The number of phenols is 1. The van der Waals surface area contributed by atoms with Gasteiger partial charge in [-0.25, -0.2) is 0 Å². The molecule has 5 nitrogen and oxygen atoms in total. The van der Waals surface area contributed by atoms with Gasteiger partial charge in [0.2, 0.25) is 11.8 Å². The smallest absolute Gasteiger partial charge is 0.224 e. The third kappa shape index (κ3) is 19.6. The molecular formula is C41H74N2O3. The Morgan fingerprint density at radius 1 is 0.413 bits per heavy atom. The third-order valence-corrected chi connectivity index (χ3v) is 9.82. The first-order chi connectivity index (χ1) is 22.3. The van der Waals surface area contributed by atoms with Crippen molar-refractivity contribution in [3.8, 4) is 5.75 Å². The summed E-state index contributed by atoms with van der Waals surface area (Å²) in [6.45, 7) is 10.2. The van der Waals surface area contributed by atoms with Crippen molar-refractivity contribution in [3.05, 3.63) is 16.7 Å². The van der Waals surface area contributed by atoms with Gasteiger partial charge in [-0.2, -0.15) is 0 Å². The molecule has 0 unspecified atom stereocenters. The number of benzene rings is 1. The molecule has 266 valence electrons. The highest BCUT2D eigenvalue weighted by atomic mass is 16.3. The molecule has 0 aliphatic heterocycles. The van der Waals surface area contributed by atoms with Crippen LogP contribution < -0.4 is 10.6 Å². The van der Waals surface area contributed by atoms with E-state index < -0.39 is 0 Å². The summed E-state index contributed by atoms with van der Waals surface area (Å²) in [5.41, 5.74) is 3.41. The largest absolute Gasteiger partial charge is 0.505 e. The maximum Gasteiger partial charge on any atom is 0.224 e. The molecule has 0 fully saturated rings. The van der Waals surface area contributed by atoms with E-state index in [-0.39, 0.29) is 17.6 Å². The first-order valence-electron chi connectivity index (χ1n) is 19.8. The van der Waals surface area contributed by atoms with E-state index in [1.54, 1.807) is 0 Å². The standard InChI is InChI=1S/C41H74N2O3/c1-6-8-10-12-14-16-18-20-22-24-26-28-30-32-37(44)42-39-34(3)35(4)41(46)40(36(39)5)43-38(45)33-31-29-27-25-23-21-19-17-15-13-11-9-7-2/h46H,6-33H2,1-5H3,(H,42,44)(H,43,45). The van der Waals surface area contributed by atoms with E-state index in [0.717, 1.165) is 36.8 Å². The van der Waals surface area contributed by atoms with Crippen LogP contribution in [0.1, 0.15) is 210 Å². The zero-order valence-corrected chi connectivity index (χ0v) is 31.1. The topological polar surface area (TPSA) is 78.4 Å². The average Bonchev–Trinajstić information content (AvgIpc) is 3.04. The predicted octanol–water partition coefficient (Wildman–Crippen LogP) is 13.2. The molecule has 0 saturated heterocycles. The predicted molar refractivity (Wildman–Crippen MR) is 200 cm³/mol. The highest BCUT2D eigenvalue weighted by molar-refractivity contribution is 5.98. The summed E-state index contributed by atoms with van der Waals surface area (Å²) in [4.78, 5) is 25.6. The van der Waals surface area contributed by atoms with Crippen LogP contribution in [0, 0.1) is 20.8 Å². The maximum absolute atomic E-state index is 12.8. The Labute approximate surface area is 284 Å². The molecule has 0 bridgehead atoms. The minimum Gasteiger partial charge on any atom is -0.505 e. The first kappa shape index (κ1) is 42.0. The highest BCUT2D eigenvalue weighted by Crippen LogP contribution is 2.39. The lowest BCUT2D eigenvalue weighted by Crippen LogP contribution is -2.17. The molecule has 0 heterocycles. The van der Waals surface area contributed by atoms with Gasteiger partial charge in [0, 0.05) is 24.1 Å². The van der Waals surface area contributed by atoms with Crippen LogP contribution in [-0.2, 0) is 9.59 Å². The number of unbranched alkanes of at least 4 members (excludes halogenated alkanes) is 24. The summed E-state index contributed by atoms with van der Waals surface area (Å²) in [5, 5.41) is 16.9. The molecule has 46 heavy (non-hydrogen) atoms. The number of phenolic OH excluding ortho intramolecular Hbond substituents is 1. The van der Waals surface area contributed by atoms with Crippen molar-refractivity contribution in [3.63, 3.8) is 0 Å². The van der Waals surface area contributed by atoms with E-state index >= 15 is 0 Å². The van der Waals surface area contributed by atoms with Crippen molar-refractivity contribution >= 4 is 23.2 Å². The second kappa shape index (κ2) is 28.0. The molecule has 1 aromatic carbocycles.